The average molecular weight is 779 g/mol. The molecule has 6 aliphatic heterocycles. The van der Waals surface area contributed by atoms with Crippen LogP contribution in [0.3, 0.4) is 0 Å². The van der Waals surface area contributed by atoms with Crippen LogP contribution in [0.5, 0.6) is 23.3 Å². The third-order valence-corrected chi connectivity index (χ3v) is 14.3. The van der Waals surface area contributed by atoms with Gasteiger partial charge in [0.25, 0.3) is 0 Å². The van der Waals surface area contributed by atoms with E-state index in [1.54, 1.807) is 14.2 Å². The maximum Gasteiger partial charge on any atom is 0.242 e. The Labute approximate surface area is 340 Å². The first-order chi connectivity index (χ1) is 28.5. The van der Waals surface area contributed by atoms with Gasteiger partial charge in [-0.25, -0.2) is 0 Å². The molecule has 3 aromatic carbocycles. The fourth-order valence-electron chi connectivity index (χ4n) is 11.1. The van der Waals surface area contributed by atoms with Crippen LogP contribution in [0, 0.1) is 23.7 Å². The van der Waals surface area contributed by atoms with Crippen molar-refractivity contribution >= 4 is 32.6 Å². The van der Waals surface area contributed by atoms with Crippen molar-refractivity contribution in [1.29, 1.82) is 0 Å². The summed E-state index contributed by atoms with van der Waals surface area (Å²) in [6.45, 7) is 9.00. The van der Waals surface area contributed by atoms with E-state index in [0.717, 1.165) is 94.2 Å². The Kier molecular flexibility index (Phi) is 10.0. The van der Waals surface area contributed by atoms with Gasteiger partial charge in [-0.3, -0.25) is 19.8 Å². The van der Waals surface area contributed by atoms with Crippen molar-refractivity contribution in [1.82, 2.24) is 30.0 Å². The number of hydrogen-bond donors (Lipinski definition) is 0. The first-order valence-electron chi connectivity index (χ1n) is 21.5. The molecule has 0 N–H and O–H groups in total. The maximum atomic E-state index is 7.30. The second-order valence-electron chi connectivity index (χ2n) is 17.0. The van der Waals surface area contributed by atoms with Crippen molar-refractivity contribution in [2.24, 2.45) is 23.7 Å². The van der Waals surface area contributed by atoms with Gasteiger partial charge in [-0.2, -0.15) is 0 Å². The predicted octanol–water partition coefficient (Wildman–Crippen LogP) is 9.22. The standard InChI is InChI=1S/C48H54N6O4/c1-5-29-27-53-21-17-31(29)23-43(53)45(35-15-19-49-41-13-11-33(55-3)25-39(35)41)57-47-37-9-7-8-10-38(37)48(52-51-47)58-46(44-24-32-18-22-54(44)28-30(32)6-2)36-16-20-50-42-14-12-34(56-4)26-40(36)42/h7-16,19-20,25-26,29-32,43-46H,5-6,17-18,21-24,27-28H2,1-4H3/t29-,30?,31?,32+,43-,44?,45?,46?/m0/s1. The van der Waals surface area contributed by atoms with Gasteiger partial charge in [0.05, 0.1) is 48.1 Å². The molecule has 3 aromatic heterocycles. The smallest absolute Gasteiger partial charge is 0.242 e. The number of pyridine rings is 2. The SMILES string of the molecule is CCC1CN2CC[C@@H]1CC2C(Oc1nnc(OC(c2ccnc3ccc(OC)cc23)[C@@H]2CC3CCN2C[C@@H]3CC)c2ccccc12)c1ccnc2ccc(OC)cc12. The van der Waals surface area contributed by atoms with Gasteiger partial charge >= 0.3 is 0 Å². The van der Waals surface area contributed by atoms with Gasteiger partial charge in [0.2, 0.25) is 11.8 Å². The molecule has 9 heterocycles. The lowest BCUT2D eigenvalue weighted by atomic mass is 9.72. The molecular formula is C48H54N6O4. The quantitative estimate of drug-likeness (QED) is 0.120. The number of rotatable bonds is 12. The highest BCUT2D eigenvalue weighted by molar-refractivity contribution is 5.91. The molecule has 10 heteroatoms. The fraction of sp³-hybridized carbons (Fsp3) is 0.458. The Morgan fingerprint density at radius 2 is 1.07 bits per heavy atom. The summed E-state index contributed by atoms with van der Waals surface area (Å²) < 4.78 is 26.0. The molecule has 12 rings (SSSR count). The second kappa shape index (κ2) is 15.6. The Balaban J connectivity index is 1.06. The third kappa shape index (κ3) is 6.58. The number of ether oxygens (including phenoxy) is 4. The lowest BCUT2D eigenvalue weighted by molar-refractivity contribution is -0.0505. The van der Waals surface area contributed by atoms with Gasteiger partial charge in [0.1, 0.15) is 23.7 Å². The summed E-state index contributed by atoms with van der Waals surface area (Å²) >= 11 is 0. The normalized spacial score (nSPS) is 27.4. The lowest BCUT2D eigenvalue weighted by Crippen LogP contribution is -2.56. The van der Waals surface area contributed by atoms with Gasteiger partial charge in [-0.1, -0.05) is 38.8 Å². The molecule has 0 radical (unpaired) electrons. The van der Waals surface area contributed by atoms with Crippen molar-refractivity contribution < 1.29 is 18.9 Å². The van der Waals surface area contributed by atoms with E-state index in [4.69, 9.17) is 39.1 Å². The zero-order valence-electron chi connectivity index (χ0n) is 34.1. The molecule has 7 unspecified atom stereocenters. The number of methoxy groups -OCH3 is 2. The minimum absolute atomic E-state index is 0.180. The number of fused-ring (bicyclic) bond motifs is 9. The van der Waals surface area contributed by atoms with E-state index in [-0.39, 0.29) is 24.3 Å². The predicted molar refractivity (Wildman–Crippen MR) is 227 cm³/mol. The molecular weight excluding hydrogens is 725 g/mol. The second-order valence-corrected chi connectivity index (χ2v) is 17.0. The molecule has 10 nitrogen and oxygen atoms in total. The Morgan fingerprint density at radius 1 is 0.603 bits per heavy atom. The van der Waals surface area contributed by atoms with Gasteiger partial charge < -0.3 is 18.9 Å². The molecule has 0 aliphatic carbocycles. The number of aromatic nitrogens is 4. The van der Waals surface area contributed by atoms with Gasteiger partial charge in [-0.15, -0.1) is 10.2 Å². The Morgan fingerprint density at radius 3 is 1.47 bits per heavy atom. The van der Waals surface area contributed by atoms with Gasteiger partial charge in [0, 0.05) is 47.4 Å². The summed E-state index contributed by atoms with van der Waals surface area (Å²) in [5.74, 6) is 5.39. The van der Waals surface area contributed by atoms with Crippen LogP contribution in [-0.2, 0) is 0 Å². The first-order valence-corrected chi connectivity index (χ1v) is 21.5. The highest BCUT2D eigenvalue weighted by Crippen LogP contribution is 2.47. The zero-order valence-corrected chi connectivity index (χ0v) is 34.1. The topological polar surface area (TPSA) is 95.0 Å². The van der Waals surface area contributed by atoms with E-state index < -0.39 is 0 Å². The summed E-state index contributed by atoms with van der Waals surface area (Å²) in [5.41, 5.74) is 4.01. The number of nitrogens with zero attached hydrogens (tertiary/aromatic N) is 6. The largest absolute Gasteiger partial charge is 0.497 e. The van der Waals surface area contributed by atoms with Crippen molar-refractivity contribution in [3.05, 3.63) is 96.3 Å². The van der Waals surface area contributed by atoms with Crippen LogP contribution in [-0.4, -0.2) is 82.4 Å². The van der Waals surface area contributed by atoms with Gasteiger partial charge in [0.15, 0.2) is 0 Å². The molecule has 300 valence electrons. The highest BCUT2D eigenvalue weighted by atomic mass is 16.5. The molecule has 6 aromatic rings. The summed E-state index contributed by atoms with van der Waals surface area (Å²) in [6, 6.07) is 25.1. The molecule has 0 amide bonds. The van der Waals surface area contributed by atoms with E-state index in [1.165, 1.54) is 25.7 Å². The van der Waals surface area contributed by atoms with E-state index in [1.807, 2.05) is 36.7 Å². The molecule has 10 atom stereocenters. The van der Waals surface area contributed by atoms with E-state index >= 15 is 0 Å². The minimum Gasteiger partial charge on any atom is -0.497 e. The lowest BCUT2D eigenvalue weighted by Gasteiger charge is -2.52. The highest BCUT2D eigenvalue weighted by Gasteiger charge is 2.46. The molecule has 6 saturated heterocycles. The number of benzene rings is 3. The van der Waals surface area contributed by atoms with Crippen LogP contribution in [0.15, 0.2) is 85.2 Å². The van der Waals surface area contributed by atoms with Crippen LogP contribution >= 0.6 is 0 Å². The molecule has 6 aliphatic rings. The van der Waals surface area contributed by atoms with E-state index in [2.05, 4.69) is 72.2 Å². The van der Waals surface area contributed by atoms with Crippen molar-refractivity contribution in [3.63, 3.8) is 0 Å². The summed E-state index contributed by atoms with van der Waals surface area (Å²) in [7, 11) is 3.42. The van der Waals surface area contributed by atoms with Crippen LogP contribution in [0.25, 0.3) is 32.6 Å². The van der Waals surface area contributed by atoms with Crippen LogP contribution < -0.4 is 18.9 Å². The van der Waals surface area contributed by atoms with E-state index in [9.17, 15) is 0 Å². The van der Waals surface area contributed by atoms with Crippen LogP contribution in [0.4, 0.5) is 0 Å². The molecule has 0 saturated carbocycles. The van der Waals surface area contributed by atoms with Crippen LogP contribution in [0.1, 0.15) is 75.7 Å². The molecule has 6 fully saturated rings. The van der Waals surface area contributed by atoms with Crippen molar-refractivity contribution in [3.8, 4) is 23.3 Å². The summed E-state index contributed by atoms with van der Waals surface area (Å²) in [5, 5.41) is 13.7. The Bertz CT molecular complexity index is 2280. The zero-order chi connectivity index (χ0) is 39.3. The number of hydrogen-bond acceptors (Lipinski definition) is 10. The van der Waals surface area contributed by atoms with E-state index in [0.29, 0.717) is 35.4 Å². The van der Waals surface area contributed by atoms with Crippen molar-refractivity contribution in [2.45, 2.75) is 76.7 Å². The molecule has 0 spiro atoms. The third-order valence-electron chi connectivity index (χ3n) is 14.3. The van der Waals surface area contributed by atoms with Gasteiger partial charge in [-0.05, 0) is 123 Å². The monoisotopic (exact) mass is 778 g/mol. The molecule has 4 bridgehead atoms. The minimum atomic E-state index is -0.300. The van der Waals surface area contributed by atoms with Crippen LogP contribution in [0.2, 0.25) is 0 Å². The van der Waals surface area contributed by atoms with Crippen molar-refractivity contribution in [2.75, 3.05) is 40.4 Å². The fourth-order valence-corrected chi connectivity index (χ4v) is 11.1. The maximum absolute atomic E-state index is 7.30. The average Bonchev–Trinajstić information content (AvgIpc) is 3.29. The number of piperidine rings is 6. The first kappa shape index (κ1) is 37.2. The Hall–Kier alpha value is -5.06. The summed E-state index contributed by atoms with van der Waals surface area (Å²) in [4.78, 5) is 14.8. The summed E-state index contributed by atoms with van der Waals surface area (Å²) in [6.07, 6.45) is 10.2. The molecule has 58 heavy (non-hydrogen) atoms.